The zero-order valence-electron chi connectivity index (χ0n) is 19.8. The standard InChI is InChI=1S/C25H28ClFN8O/c26-18-12-21(14-22(13-18)34-6-2-1-3-7-34)31-20-5-4-19(28-15-20)16-30-33-25-29-17-23(27)24(32-25)35-8-10-36-11-9-35/h4-5,12-17,31H,1-3,6-11H2,(H,29,32,33)/b30-16-. The molecule has 11 heteroatoms. The van der Waals surface area contributed by atoms with Crippen LogP contribution in [0.5, 0.6) is 0 Å². The number of morpholine rings is 1. The van der Waals surface area contributed by atoms with Crippen molar-refractivity contribution in [1.82, 2.24) is 15.0 Å². The van der Waals surface area contributed by atoms with E-state index in [1.165, 1.54) is 19.3 Å². The lowest BCUT2D eigenvalue weighted by atomic mass is 10.1. The number of nitrogens with one attached hydrogen (secondary N) is 2. The van der Waals surface area contributed by atoms with Gasteiger partial charge < -0.3 is 19.9 Å². The van der Waals surface area contributed by atoms with E-state index < -0.39 is 5.82 Å². The van der Waals surface area contributed by atoms with E-state index in [4.69, 9.17) is 16.3 Å². The molecule has 2 fully saturated rings. The molecule has 0 aliphatic carbocycles. The van der Waals surface area contributed by atoms with Crippen LogP contribution in [0.1, 0.15) is 25.0 Å². The number of anilines is 5. The van der Waals surface area contributed by atoms with Gasteiger partial charge in [0.05, 0.1) is 43.2 Å². The average molecular weight is 511 g/mol. The molecule has 5 rings (SSSR count). The second-order valence-electron chi connectivity index (χ2n) is 8.68. The van der Waals surface area contributed by atoms with Crippen LogP contribution < -0.4 is 20.5 Å². The van der Waals surface area contributed by atoms with Gasteiger partial charge in [-0.25, -0.2) is 14.8 Å². The third-order valence-electron chi connectivity index (χ3n) is 6.08. The molecule has 0 bridgehead atoms. The number of nitrogens with zero attached hydrogens (tertiary/aromatic N) is 6. The summed E-state index contributed by atoms with van der Waals surface area (Å²) in [5.41, 5.74) is 6.27. The fraction of sp³-hybridized carbons (Fsp3) is 0.360. The molecule has 2 saturated heterocycles. The normalized spacial score (nSPS) is 16.4. The average Bonchev–Trinajstić information content (AvgIpc) is 2.91. The molecule has 9 nitrogen and oxygen atoms in total. The van der Waals surface area contributed by atoms with Gasteiger partial charge in [-0.2, -0.15) is 10.1 Å². The third kappa shape index (κ3) is 6.19. The highest BCUT2D eigenvalue weighted by Gasteiger charge is 2.18. The Labute approximate surface area is 214 Å². The molecule has 0 saturated carbocycles. The summed E-state index contributed by atoms with van der Waals surface area (Å²) < 4.78 is 19.5. The number of ether oxygens (including phenoxy) is 1. The minimum absolute atomic E-state index is 0.206. The van der Waals surface area contributed by atoms with Crippen molar-refractivity contribution in [2.24, 2.45) is 5.10 Å². The van der Waals surface area contributed by atoms with E-state index in [2.05, 4.69) is 41.8 Å². The van der Waals surface area contributed by atoms with E-state index in [0.717, 1.165) is 36.3 Å². The van der Waals surface area contributed by atoms with Crippen molar-refractivity contribution in [2.75, 3.05) is 59.9 Å². The van der Waals surface area contributed by atoms with Crippen molar-refractivity contribution >= 4 is 46.6 Å². The van der Waals surface area contributed by atoms with Crippen molar-refractivity contribution in [3.63, 3.8) is 0 Å². The quantitative estimate of drug-likeness (QED) is 0.350. The van der Waals surface area contributed by atoms with Gasteiger partial charge in [-0.05, 0) is 49.6 Å². The highest BCUT2D eigenvalue weighted by Crippen LogP contribution is 2.29. The Bertz CT molecular complexity index is 1200. The summed E-state index contributed by atoms with van der Waals surface area (Å²) in [6.07, 6.45) is 8.12. The molecule has 36 heavy (non-hydrogen) atoms. The molecule has 3 aromatic rings. The van der Waals surface area contributed by atoms with Gasteiger partial charge in [0.1, 0.15) is 0 Å². The zero-order chi connectivity index (χ0) is 24.7. The lowest BCUT2D eigenvalue weighted by Gasteiger charge is -2.29. The van der Waals surface area contributed by atoms with Gasteiger partial charge in [-0.1, -0.05) is 11.6 Å². The van der Waals surface area contributed by atoms with E-state index >= 15 is 0 Å². The first kappa shape index (κ1) is 24.2. The van der Waals surface area contributed by atoms with Gasteiger partial charge in [0.2, 0.25) is 5.95 Å². The van der Waals surface area contributed by atoms with Crippen LogP contribution in [-0.2, 0) is 4.74 Å². The van der Waals surface area contributed by atoms with Crippen LogP contribution in [0.3, 0.4) is 0 Å². The Morgan fingerprint density at radius 2 is 1.78 bits per heavy atom. The number of hydrogen-bond acceptors (Lipinski definition) is 9. The number of pyridine rings is 1. The topological polar surface area (TPSA) is 90.8 Å². The molecule has 0 unspecified atom stereocenters. The number of aromatic nitrogens is 3. The number of piperidine rings is 1. The van der Waals surface area contributed by atoms with Crippen LogP contribution >= 0.6 is 11.6 Å². The molecule has 0 spiro atoms. The van der Waals surface area contributed by atoms with E-state index in [9.17, 15) is 4.39 Å². The molecule has 2 aliphatic heterocycles. The lowest BCUT2D eigenvalue weighted by molar-refractivity contribution is 0.122. The summed E-state index contributed by atoms with van der Waals surface area (Å²) in [7, 11) is 0. The highest BCUT2D eigenvalue weighted by atomic mass is 35.5. The highest BCUT2D eigenvalue weighted by molar-refractivity contribution is 6.31. The van der Waals surface area contributed by atoms with E-state index in [0.29, 0.717) is 37.0 Å². The number of halogens is 2. The Morgan fingerprint density at radius 3 is 2.56 bits per heavy atom. The van der Waals surface area contributed by atoms with Crippen LogP contribution in [0.4, 0.5) is 33.2 Å². The minimum Gasteiger partial charge on any atom is -0.378 e. The summed E-state index contributed by atoms with van der Waals surface area (Å²) in [4.78, 5) is 16.8. The number of rotatable bonds is 7. The Morgan fingerprint density at radius 1 is 0.944 bits per heavy atom. The molecule has 188 valence electrons. The van der Waals surface area contributed by atoms with Crippen molar-refractivity contribution < 1.29 is 9.13 Å². The molecule has 2 aromatic heterocycles. The van der Waals surface area contributed by atoms with E-state index in [-0.39, 0.29) is 11.8 Å². The van der Waals surface area contributed by atoms with Gasteiger partial charge in [-0.15, -0.1) is 0 Å². The number of benzene rings is 1. The Balaban J connectivity index is 1.20. The maximum absolute atomic E-state index is 14.2. The summed E-state index contributed by atoms with van der Waals surface area (Å²) in [6.45, 7) is 4.35. The molecule has 1 aromatic carbocycles. The summed E-state index contributed by atoms with van der Waals surface area (Å²) in [6, 6.07) is 9.79. The molecule has 2 aliphatic rings. The van der Waals surface area contributed by atoms with Crippen molar-refractivity contribution in [2.45, 2.75) is 19.3 Å². The van der Waals surface area contributed by atoms with Gasteiger partial charge in [0, 0.05) is 42.6 Å². The van der Waals surface area contributed by atoms with E-state index in [1.807, 2.05) is 29.2 Å². The fourth-order valence-corrected chi connectivity index (χ4v) is 4.50. The van der Waals surface area contributed by atoms with Gasteiger partial charge in [0.15, 0.2) is 11.6 Å². The van der Waals surface area contributed by atoms with Crippen molar-refractivity contribution in [3.8, 4) is 0 Å². The number of hydrogen-bond donors (Lipinski definition) is 2. The molecule has 0 atom stereocenters. The van der Waals surface area contributed by atoms with Crippen molar-refractivity contribution in [1.29, 1.82) is 0 Å². The molecular formula is C25H28ClFN8O. The van der Waals surface area contributed by atoms with Crippen LogP contribution in [0.25, 0.3) is 0 Å². The van der Waals surface area contributed by atoms with Crippen LogP contribution in [-0.4, -0.2) is 60.6 Å². The molecule has 0 amide bonds. The first-order chi connectivity index (χ1) is 17.6. The predicted molar refractivity (Wildman–Crippen MR) is 141 cm³/mol. The van der Waals surface area contributed by atoms with Crippen LogP contribution in [0, 0.1) is 5.82 Å². The second-order valence-corrected chi connectivity index (χ2v) is 9.11. The number of hydrazone groups is 1. The largest absolute Gasteiger partial charge is 0.378 e. The zero-order valence-corrected chi connectivity index (χ0v) is 20.6. The smallest absolute Gasteiger partial charge is 0.245 e. The first-order valence-electron chi connectivity index (χ1n) is 12.1. The van der Waals surface area contributed by atoms with E-state index in [1.54, 1.807) is 12.4 Å². The predicted octanol–water partition coefficient (Wildman–Crippen LogP) is 4.68. The third-order valence-corrected chi connectivity index (χ3v) is 6.29. The van der Waals surface area contributed by atoms with Crippen LogP contribution in [0.2, 0.25) is 5.02 Å². The summed E-state index contributed by atoms with van der Waals surface area (Å²) in [5.74, 6) is -0.0270. The SMILES string of the molecule is Fc1cnc(N/N=C\c2ccc(Nc3cc(Cl)cc(N4CCCCC4)c3)cn2)nc1N1CCOCC1. The summed E-state index contributed by atoms with van der Waals surface area (Å²) in [5, 5.41) is 8.22. The molecule has 0 radical (unpaired) electrons. The maximum Gasteiger partial charge on any atom is 0.245 e. The summed E-state index contributed by atoms with van der Waals surface area (Å²) >= 11 is 6.39. The second kappa shape index (κ2) is 11.5. The fourth-order valence-electron chi connectivity index (χ4n) is 4.27. The monoisotopic (exact) mass is 510 g/mol. The first-order valence-corrected chi connectivity index (χ1v) is 12.4. The lowest BCUT2D eigenvalue weighted by Crippen LogP contribution is -2.37. The van der Waals surface area contributed by atoms with Gasteiger partial charge in [0.25, 0.3) is 0 Å². The molecule has 2 N–H and O–H groups in total. The Kier molecular flexibility index (Phi) is 7.73. The minimum atomic E-state index is -0.473. The molecular weight excluding hydrogens is 483 g/mol. The van der Waals surface area contributed by atoms with Crippen molar-refractivity contribution in [3.05, 3.63) is 59.3 Å². The van der Waals surface area contributed by atoms with Crippen LogP contribution in [0.15, 0.2) is 47.8 Å². The maximum atomic E-state index is 14.2. The Hall–Kier alpha value is -3.50. The van der Waals surface area contributed by atoms with Gasteiger partial charge in [-0.3, -0.25) is 4.98 Å². The van der Waals surface area contributed by atoms with Gasteiger partial charge >= 0.3 is 0 Å². The molecule has 4 heterocycles.